The standard InChI is InChI=1S/C9H13Cl2N3O/c1-5(2)7(4-15)13-8-6(10)3-12-9(11)14-8/h3,5,7,15H,4H2,1-2H3,(H,12,13,14). The Morgan fingerprint density at radius 2 is 2.13 bits per heavy atom. The molecule has 0 aliphatic carbocycles. The molecule has 84 valence electrons. The van der Waals surface area contributed by atoms with Gasteiger partial charge in [0.15, 0.2) is 0 Å². The van der Waals surface area contributed by atoms with Gasteiger partial charge in [0.25, 0.3) is 0 Å². The van der Waals surface area contributed by atoms with Gasteiger partial charge in [0.05, 0.1) is 18.8 Å². The predicted octanol–water partition coefficient (Wildman–Crippen LogP) is 2.21. The minimum atomic E-state index is -0.103. The highest BCUT2D eigenvalue weighted by molar-refractivity contribution is 6.33. The topological polar surface area (TPSA) is 58.0 Å². The first-order valence-electron chi connectivity index (χ1n) is 4.60. The van der Waals surface area contributed by atoms with Crippen LogP contribution in [0.5, 0.6) is 0 Å². The second-order valence-electron chi connectivity index (χ2n) is 3.51. The van der Waals surface area contributed by atoms with Crippen molar-refractivity contribution in [3.63, 3.8) is 0 Å². The average molecular weight is 250 g/mol. The van der Waals surface area contributed by atoms with Crippen molar-refractivity contribution in [1.82, 2.24) is 9.97 Å². The van der Waals surface area contributed by atoms with Gasteiger partial charge >= 0.3 is 0 Å². The van der Waals surface area contributed by atoms with Crippen LogP contribution in [0.2, 0.25) is 10.3 Å². The largest absolute Gasteiger partial charge is 0.394 e. The zero-order valence-electron chi connectivity index (χ0n) is 8.54. The number of aliphatic hydroxyl groups excluding tert-OH is 1. The maximum absolute atomic E-state index is 9.14. The molecule has 1 heterocycles. The first kappa shape index (κ1) is 12.5. The third-order valence-corrected chi connectivity index (χ3v) is 2.50. The second-order valence-corrected chi connectivity index (χ2v) is 4.26. The predicted molar refractivity (Wildman–Crippen MR) is 61.4 cm³/mol. The van der Waals surface area contributed by atoms with Crippen LogP contribution in [-0.4, -0.2) is 27.7 Å². The maximum atomic E-state index is 9.14. The summed E-state index contributed by atoms with van der Waals surface area (Å²) >= 11 is 11.5. The molecular formula is C9H13Cl2N3O. The Balaban J connectivity index is 2.82. The van der Waals surface area contributed by atoms with Gasteiger partial charge in [-0.3, -0.25) is 0 Å². The van der Waals surface area contributed by atoms with Crippen molar-refractivity contribution in [2.75, 3.05) is 11.9 Å². The number of halogens is 2. The van der Waals surface area contributed by atoms with E-state index in [4.69, 9.17) is 28.3 Å². The number of aromatic nitrogens is 2. The van der Waals surface area contributed by atoms with E-state index in [0.29, 0.717) is 10.8 Å². The average Bonchev–Trinajstić information content (AvgIpc) is 2.18. The lowest BCUT2D eigenvalue weighted by atomic mass is 10.1. The van der Waals surface area contributed by atoms with Crippen molar-refractivity contribution in [2.45, 2.75) is 19.9 Å². The summed E-state index contributed by atoms with van der Waals surface area (Å²) < 4.78 is 0. The SMILES string of the molecule is CC(C)C(CO)Nc1nc(Cl)ncc1Cl. The van der Waals surface area contributed by atoms with Gasteiger partial charge in [-0.05, 0) is 17.5 Å². The lowest BCUT2D eigenvalue weighted by Crippen LogP contribution is -2.30. The van der Waals surface area contributed by atoms with Crippen molar-refractivity contribution in [3.8, 4) is 0 Å². The number of nitrogens with zero attached hydrogens (tertiary/aromatic N) is 2. The summed E-state index contributed by atoms with van der Waals surface area (Å²) in [4.78, 5) is 7.68. The molecule has 0 aliphatic heterocycles. The number of hydrogen-bond donors (Lipinski definition) is 2. The summed E-state index contributed by atoms with van der Waals surface area (Å²) in [6.07, 6.45) is 1.42. The molecular weight excluding hydrogens is 237 g/mol. The molecule has 15 heavy (non-hydrogen) atoms. The molecule has 0 aromatic carbocycles. The van der Waals surface area contributed by atoms with E-state index in [-0.39, 0.29) is 23.9 Å². The van der Waals surface area contributed by atoms with Crippen LogP contribution in [-0.2, 0) is 0 Å². The van der Waals surface area contributed by atoms with Crippen LogP contribution in [0.15, 0.2) is 6.20 Å². The fourth-order valence-electron chi connectivity index (χ4n) is 1.05. The number of aliphatic hydroxyl groups is 1. The lowest BCUT2D eigenvalue weighted by Gasteiger charge is -2.20. The van der Waals surface area contributed by atoms with E-state index in [1.54, 1.807) is 0 Å². The quantitative estimate of drug-likeness (QED) is 0.804. The van der Waals surface area contributed by atoms with Crippen LogP contribution < -0.4 is 5.32 Å². The first-order valence-corrected chi connectivity index (χ1v) is 5.35. The number of hydrogen-bond acceptors (Lipinski definition) is 4. The van der Waals surface area contributed by atoms with E-state index in [9.17, 15) is 0 Å². The first-order chi connectivity index (χ1) is 7.04. The summed E-state index contributed by atoms with van der Waals surface area (Å²) in [5.74, 6) is 0.712. The van der Waals surface area contributed by atoms with Gasteiger partial charge in [0.1, 0.15) is 10.8 Å². The highest BCUT2D eigenvalue weighted by atomic mass is 35.5. The number of anilines is 1. The van der Waals surface area contributed by atoms with Crippen LogP contribution >= 0.6 is 23.2 Å². The zero-order chi connectivity index (χ0) is 11.4. The molecule has 0 saturated carbocycles. The summed E-state index contributed by atoms with van der Waals surface area (Å²) in [7, 11) is 0. The number of nitrogens with one attached hydrogen (secondary N) is 1. The van der Waals surface area contributed by atoms with Gasteiger partial charge in [0.2, 0.25) is 5.28 Å². The van der Waals surface area contributed by atoms with Crippen molar-refractivity contribution >= 4 is 29.0 Å². The normalized spacial score (nSPS) is 12.9. The Labute approximate surface area is 98.6 Å². The lowest BCUT2D eigenvalue weighted by molar-refractivity contribution is 0.249. The molecule has 1 aromatic rings. The van der Waals surface area contributed by atoms with Gasteiger partial charge in [-0.15, -0.1) is 0 Å². The Bertz CT molecular complexity index is 333. The van der Waals surface area contributed by atoms with E-state index in [1.807, 2.05) is 13.8 Å². The fraction of sp³-hybridized carbons (Fsp3) is 0.556. The smallest absolute Gasteiger partial charge is 0.224 e. The number of rotatable bonds is 4. The molecule has 1 aromatic heterocycles. The van der Waals surface area contributed by atoms with Crippen LogP contribution in [0.1, 0.15) is 13.8 Å². The molecule has 0 bridgehead atoms. The summed E-state index contributed by atoms with van der Waals surface area (Å²) in [5.41, 5.74) is 0. The van der Waals surface area contributed by atoms with E-state index in [2.05, 4.69) is 15.3 Å². The van der Waals surface area contributed by atoms with Gasteiger partial charge in [-0.1, -0.05) is 25.4 Å². The third kappa shape index (κ3) is 3.48. The van der Waals surface area contributed by atoms with Crippen LogP contribution in [0, 0.1) is 5.92 Å². The molecule has 0 amide bonds. The van der Waals surface area contributed by atoms with Crippen molar-refractivity contribution < 1.29 is 5.11 Å². The van der Waals surface area contributed by atoms with Crippen molar-refractivity contribution in [2.24, 2.45) is 5.92 Å². The zero-order valence-corrected chi connectivity index (χ0v) is 10.0. The Morgan fingerprint density at radius 3 is 2.67 bits per heavy atom. The van der Waals surface area contributed by atoms with E-state index >= 15 is 0 Å². The van der Waals surface area contributed by atoms with Crippen LogP contribution in [0.4, 0.5) is 5.82 Å². The van der Waals surface area contributed by atoms with Crippen LogP contribution in [0.25, 0.3) is 0 Å². The summed E-state index contributed by atoms with van der Waals surface area (Å²) in [5, 5.41) is 12.7. The van der Waals surface area contributed by atoms with Gasteiger partial charge in [-0.25, -0.2) is 4.98 Å². The molecule has 6 heteroatoms. The van der Waals surface area contributed by atoms with E-state index in [0.717, 1.165) is 0 Å². The van der Waals surface area contributed by atoms with E-state index < -0.39 is 0 Å². The minimum absolute atomic E-state index is 0.00954. The Hall–Kier alpha value is -0.580. The van der Waals surface area contributed by atoms with Gasteiger partial charge in [0, 0.05) is 0 Å². The maximum Gasteiger partial charge on any atom is 0.224 e. The summed E-state index contributed by atoms with van der Waals surface area (Å²) in [6, 6.07) is -0.103. The molecule has 0 radical (unpaired) electrons. The molecule has 0 fully saturated rings. The van der Waals surface area contributed by atoms with Crippen LogP contribution in [0.3, 0.4) is 0 Å². The molecule has 0 saturated heterocycles. The molecule has 0 aliphatic rings. The van der Waals surface area contributed by atoms with Gasteiger partial charge in [-0.2, -0.15) is 4.98 Å². The highest BCUT2D eigenvalue weighted by Gasteiger charge is 2.14. The van der Waals surface area contributed by atoms with E-state index in [1.165, 1.54) is 6.20 Å². The third-order valence-electron chi connectivity index (χ3n) is 2.04. The second kappa shape index (κ2) is 5.49. The summed E-state index contributed by atoms with van der Waals surface area (Å²) in [6.45, 7) is 3.99. The molecule has 1 unspecified atom stereocenters. The monoisotopic (exact) mass is 249 g/mol. The Morgan fingerprint density at radius 1 is 1.47 bits per heavy atom. The highest BCUT2D eigenvalue weighted by Crippen LogP contribution is 2.21. The molecule has 0 spiro atoms. The Kier molecular flexibility index (Phi) is 4.57. The molecule has 1 rings (SSSR count). The van der Waals surface area contributed by atoms with Crippen molar-refractivity contribution in [3.05, 3.63) is 16.5 Å². The minimum Gasteiger partial charge on any atom is -0.394 e. The molecule has 4 nitrogen and oxygen atoms in total. The van der Waals surface area contributed by atoms with Crippen molar-refractivity contribution in [1.29, 1.82) is 0 Å². The fourth-order valence-corrected chi connectivity index (χ4v) is 1.32. The molecule has 2 N–H and O–H groups in total. The molecule has 1 atom stereocenters. The van der Waals surface area contributed by atoms with Gasteiger partial charge < -0.3 is 10.4 Å².